The fourth-order valence-electron chi connectivity index (χ4n) is 2.23. The molecule has 0 saturated heterocycles. The third-order valence-corrected chi connectivity index (χ3v) is 3.59. The van der Waals surface area contributed by atoms with Crippen molar-refractivity contribution in [3.63, 3.8) is 0 Å². The molecule has 0 aliphatic rings. The highest BCUT2D eigenvalue weighted by Crippen LogP contribution is 1.97. The number of aryl methyl sites for hydroxylation is 2. The van der Waals surface area contributed by atoms with E-state index in [4.69, 9.17) is 0 Å². The van der Waals surface area contributed by atoms with E-state index in [-0.39, 0.29) is 0 Å². The normalized spacial score (nSPS) is 9.91. The van der Waals surface area contributed by atoms with Crippen molar-refractivity contribution in [2.75, 3.05) is 0 Å². The van der Waals surface area contributed by atoms with E-state index in [2.05, 4.69) is 78.1 Å². The minimum absolute atomic E-state index is 1.15. The van der Waals surface area contributed by atoms with Crippen LogP contribution < -0.4 is 9.13 Å². The van der Waals surface area contributed by atoms with Crippen LogP contribution in [0.3, 0.4) is 0 Å². The number of pyridine rings is 2. The van der Waals surface area contributed by atoms with Gasteiger partial charge in [0.25, 0.3) is 0 Å². The standard InChI is InChI=1S/C11H18N.C9H14N/c1-2-3-4-6-9-12-10-7-5-8-11-12;1-2-3-7-10-8-5-4-6-9-10/h5,7-8,10-11H,2-4,6,9H2,1H3;4-6,8-9H,2-3,7H2,1H3/q2*+1. The fourth-order valence-corrected chi connectivity index (χ4v) is 2.23. The third-order valence-electron chi connectivity index (χ3n) is 3.59. The summed E-state index contributed by atoms with van der Waals surface area (Å²) in [4.78, 5) is 0. The van der Waals surface area contributed by atoms with E-state index >= 15 is 0 Å². The van der Waals surface area contributed by atoms with Crippen LogP contribution in [0.25, 0.3) is 0 Å². The summed E-state index contributed by atoms with van der Waals surface area (Å²) in [5.74, 6) is 0. The van der Waals surface area contributed by atoms with Crippen LogP contribution in [0.4, 0.5) is 0 Å². The van der Waals surface area contributed by atoms with Crippen molar-refractivity contribution in [2.45, 2.75) is 65.5 Å². The molecule has 0 radical (unpaired) electrons. The monoisotopic (exact) mass is 300 g/mol. The minimum Gasteiger partial charge on any atom is -0.205 e. The Labute approximate surface area is 136 Å². The summed E-state index contributed by atoms with van der Waals surface area (Å²) >= 11 is 0. The van der Waals surface area contributed by atoms with Crippen LogP contribution in [-0.4, -0.2) is 0 Å². The molecule has 0 aromatic carbocycles. The van der Waals surface area contributed by atoms with Gasteiger partial charge in [-0.3, -0.25) is 0 Å². The molecule has 0 fully saturated rings. The van der Waals surface area contributed by atoms with E-state index in [0.717, 1.165) is 6.54 Å². The molecule has 0 aliphatic heterocycles. The van der Waals surface area contributed by atoms with Gasteiger partial charge in [0.2, 0.25) is 0 Å². The molecule has 22 heavy (non-hydrogen) atoms. The summed E-state index contributed by atoms with van der Waals surface area (Å²) in [5, 5.41) is 0. The predicted octanol–water partition coefficient (Wildman–Crippen LogP) is 4.33. The van der Waals surface area contributed by atoms with Crippen LogP contribution in [0, 0.1) is 0 Å². The van der Waals surface area contributed by atoms with Gasteiger partial charge in [-0.2, -0.15) is 0 Å². The van der Waals surface area contributed by atoms with Crippen molar-refractivity contribution in [3.05, 3.63) is 61.2 Å². The lowest BCUT2D eigenvalue weighted by Gasteiger charge is -1.95. The van der Waals surface area contributed by atoms with Gasteiger partial charge in [-0.15, -0.1) is 0 Å². The molecule has 2 nitrogen and oxygen atoms in total. The second-order valence-electron chi connectivity index (χ2n) is 5.64. The topological polar surface area (TPSA) is 7.76 Å². The first-order valence-electron chi connectivity index (χ1n) is 8.75. The maximum absolute atomic E-state index is 2.25. The van der Waals surface area contributed by atoms with E-state index in [1.165, 1.54) is 45.1 Å². The highest BCUT2D eigenvalue weighted by Gasteiger charge is 1.96. The highest BCUT2D eigenvalue weighted by molar-refractivity contribution is 4.84. The summed E-state index contributed by atoms with van der Waals surface area (Å²) in [7, 11) is 0. The van der Waals surface area contributed by atoms with E-state index < -0.39 is 0 Å². The number of nitrogens with zero attached hydrogens (tertiary/aromatic N) is 2. The van der Waals surface area contributed by atoms with Crippen LogP contribution in [-0.2, 0) is 13.1 Å². The van der Waals surface area contributed by atoms with Crippen LogP contribution in [0.15, 0.2) is 61.2 Å². The first-order chi connectivity index (χ1) is 10.9. The summed E-state index contributed by atoms with van der Waals surface area (Å²) < 4.78 is 4.46. The van der Waals surface area contributed by atoms with E-state index in [1.807, 2.05) is 6.07 Å². The lowest BCUT2D eigenvalue weighted by molar-refractivity contribution is -0.697. The summed E-state index contributed by atoms with van der Waals surface area (Å²) in [5.41, 5.74) is 0. The Hall–Kier alpha value is -1.70. The minimum atomic E-state index is 1.15. The SMILES string of the molecule is CCCCCC[n+]1ccccc1.CCCC[n+]1ccccc1. The largest absolute Gasteiger partial charge is 0.205 e. The first-order valence-corrected chi connectivity index (χ1v) is 8.75. The Morgan fingerprint density at radius 2 is 0.955 bits per heavy atom. The van der Waals surface area contributed by atoms with Gasteiger partial charge in [0, 0.05) is 37.1 Å². The maximum atomic E-state index is 2.25. The zero-order chi connectivity index (χ0) is 15.9. The molecule has 0 bridgehead atoms. The number of unbranched alkanes of at least 4 members (excludes halogenated alkanes) is 4. The summed E-state index contributed by atoms with van der Waals surface area (Å²) in [6, 6.07) is 12.4. The molecule has 0 atom stereocenters. The lowest BCUT2D eigenvalue weighted by atomic mass is 10.2. The van der Waals surface area contributed by atoms with Gasteiger partial charge < -0.3 is 0 Å². The zero-order valence-electron chi connectivity index (χ0n) is 14.3. The highest BCUT2D eigenvalue weighted by atomic mass is 14.9. The van der Waals surface area contributed by atoms with E-state index in [1.54, 1.807) is 0 Å². The average molecular weight is 300 g/mol. The summed E-state index contributed by atoms with van der Waals surface area (Å²) in [6.45, 7) is 6.78. The fraction of sp³-hybridized carbons (Fsp3) is 0.500. The number of hydrogen-bond donors (Lipinski definition) is 0. The van der Waals surface area contributed by atoms with Crippen LogP contribution >= 0.6 is 0 Å². The maximum Gasteiger partial charge on any atom is 0.168 e. The van der Waals surface area contributed by atoms with Crippen molar-refractivity contribution in [1.82, 2.24) is 0 Å². The van der Waals surface area contributed by atoms with Crippen LogP contribution in [0.1, 0.15) is 52.4 Å². The molecule has 2 aromatic heterocycles. The Morgan fingerprint density at radius 3 is 1.41 bits per heavy atom. The number of aromatic nitrogens is 2. The predicted molar refractivity (Wildman–Crippen MR) is 92.3 cm³/mol. The van der Waals surface area contributed by atoms with Crippen molar-refractivity contribution >= 4 is 0 Å². The van der Waals surface area contributed by atoms with Gasteiger partial charge in [0.05, 0.1) is 0 Å². The molecular weight excluding hydrogens is 268 g/mol. The van der Waals surface area contributed by atoms with Gasteiger partial charge in [-0.1, -0.05) is 45.2 Å². The third kappa shape index (κ3) is 9.28. The zero-order valence-corrected chi connectivity index (χ0v) is 14.3. The Morgan fingerprint density at radius 1 is 0.500 bits per heavy atom. The summed E-state index contributed by atoms with van der Waals surface area (Å²) in [6.07, 6.45) is 16.4. The molecule has 0 saturated carbocycles. The number of rotatable bonds is 8. The van der Waals surface area contributed by atoms with Gasteiger partial charge in [0.15, 0.2) is 24.8 Å². The molecular formula is C20H32N2+2. The smallest absolute Gasteiger partial charge is 0.168 e. The van der Waals surface area contributed by atoms with E-state index in [9.17, 15) is 0 Å². The van der Waals surface area contributed by atoms with Crippen LogP contribution in [0.2, 0.25) is 0 Å². The molecule has 0 spiro atoms. The van der Waals surface area contributed by atoms with Gasteiger partial charge >= 0.3 is 0 Å². The first kappa shape index (κ1) is 18.3. The van der Waals surface area contributed by atoms with Crippen molar-refractivity contribution in [3.8, 4) is 0 Å². The molecule has 2 aromatic rings. The van der Waals surface area contributed by atoms with E-state index in [0.29, 0.717) is 0 Å². The number of hydrogen-bond acceptors (Lipinski definition) is 0. The van der Waals surface area contributed by atoms with Gasteiger partial charge in [-0.05, 0) is 6.42 Å². The van der Waals surface area contributed by atoms with Crippen molar-refractivity contribution < 1.29 is 9.13 Å². The van der Waals surface area contributed by atoms with Gasteiger partial charge in [0.1, 0.15) is 13.1 Å². The van der Waals surface area contributed by atoms with Crippen molar-refractivity contribution in [1.29, 1.82) is 0 Å². The van der Waals surface area contributed by atoms with Gasteiger partial charge in [-0.25, -0.2) is 9.13 Å². The molecule has 0 N–H and O–H groups in total. The molecule has 2 heteroatoms. The van der Waals surface area contributed by atoms with Crippen molar-refractivity contribution in [2.24, 2.45) is 0 Å². The molecule has 2 rings (SSSR count). The second kappa shape index (κ2) is 13.0. The Balaban J connectivity index is 0.000000224. The second-order valence-corrected chi connectivity index (χ2v) is 5.64. The average Bonchev–Trinajstić information content (AvgIpc) is 2.59. The molecule has 0 amide bonds. The molecule has 2 heterocycles. The Bertz CT molecular complexity index is 454. The molecule has 120 valence electrons. The molecule has 0 aliphatic carbocycles. The quantitative estimate of drug-likeness (QED) is 0.506. The van der Waals surface area contributed by atoms with Crippen LogP contribution in [0.5, 0.6) is 0 Å². The Kier molecular flexibility index (Phi) is 10.8. The lowest BCUT2D eigenvalue weighted by Crippen LogP contribution is -2.32. The molecule has 0 unspecified atom stereocenters.